The first-order valence-corrected chi connectivity index (χ1v) is 3.90. The minimum Gasteiger partial charge on any atom is -0.494 e. The van der Waals surface area contributed by atoms with E-state index in [-0.39, 0.29) is 0 Å². The average molecular weight is 161 g/mol. The van der Waals surface area contributed by atoms with Gasteiger partial charge in [-0.2, -0.15) is 0 Å². The van der Waals surface area contributed by atoms with E-state index in [9.17, 15) is 0 Å². The van der Waals surface area contributed by atoms with Crippen molar-refractivity contribution >= 4 is 17.7 Å². The number of aliphatic imine (C=N–C) groups is 1. The summed E-state index contributed by atoms with van der Waals surface area (Å²) in [5.41, 5.74) is 1.81. The van der Waals surface area contributed by atoms with Gasteiger partial charge in [-0.1, -0.05) is 0 Å². The van der Waals surface area contributed by atoms with Crippen LogP contribution in [0.4, 0.5) is 11.4 Å². The fourth-order valence-corrected chi connectivity index (χ4v) is 1.13. The van der Waals surface area contributed by atoms with Crippen LogP contribution >= 0.6 is 0 Å². The van der Waals surface area contributed by atoms with Crippen molar-refractivity contribution in [3.8, 4) is 5.75 Å². The lowest BCUT2D eigenvalue weighted by Gasteiger charge is -2.03. The van der Waals surface area contributed by atoms with Crippen molar-refractivity contribution in [1.82, 2.24) is 5.32 Å². The third kappa shape index (κ3) is 1.13. The molecule has 1 radical (unpaired) electrons. The van der Waals surface area contributed by atoms with E-state index in [2.05, 4.69) is 10.3 Å². The molecule has 0 N–H and O–H groups in total. The number of ether oxygens (including phenoxy) is 1. The predicted octanol–water partition coefficient (Wildman–Crippen LogP) is 1.99. The summed E-state index contributed by atoms with van der Waals surface area (Å²) >= 11 is 0. The van der Waals surface area contributed by atoms with Gasteiger partial charge in [-0.05, 0) is 19.1 Å². The molecule has 0 atom stereocenters. The largest absolute Gasteiger partial charge is 0.494 e. The maximum atomic E-state index is 5.32. The average Bonchev–Trinajstić information content (AvgIpc) is 2.51. The van der Waals surface area contributed by atoms with Crippen LogP contribution in [0.25, 0.3) is 0 Å². The predicted molar refractivity (Wildman–Crippen MR) is 47.6 cm³/mol. The Labute approximate surface area is 71.1 Å². The Kier molecular flexibility index (Phi) is 1.70. The molecule has 0 amide bonds. The highest BCUT2D eigenvalue weighted by atomic mass is 16.5. The maximum absolute atomic E-state index is 5.32. The Balaban J connectivity index is 2.29. The monoisotopic (exact) mass is 161 g/mol. The fourth-order valence-electron chi connectivity index (χ4n) is 1.13. The number of hydrogen-bond acceptors (Lipinski definition) is 2. The highest BCUT2D eigenvalue weighted by Crippen LogP contribution is 2.31. The van der Waals surface area contributed by atoms with Gasteiger partial charge in [-0.15, -0.1) is 0 Å². The standard InChI is InChI=1S/C9H9N2O/c1-2-12-7-3-4-8-9(5-7)11-6-10-8/h3-6H,2H2,1H3. The molecule has 3 heteroatoms. The van der Waals surface area contributed by atoms with Crippen molar-refractivity contribution in [2.45, 2.75) is 6.92 Å². The molecule has 3 nitrogen and oxygen atoms in total. The molecule has 0 unspecified atom stereocenters. The molecule has 0 aliphatic carbocycles. The molecule has 0 saturated heterocycles. The van der Waals surface area contributed by atoms with E-state index in [1.807, 2.05) is 25.1 Å². The molecular weight excluding hydrogens is 152 g/mol. The lowest BCUT2D eigenvalue weighted by Crippen LogP contribution is -1.92. The van der Waals surface area contributed by atoms with Crippen LogP contribution in [0.15, 0.2) is 23.2 Å². The summed E-state index contributed by atoms with van der Waals surface area (Å²) in [6, 6.07) is 5.71. The molecule has 1 aliphatic heterocycles. The van der Waals surface area contributed by atoms with Gasteiger partial charge in [-0.25, -0.2) is 10.3 Å². The van der Waals surface area contributed by atoms with Crippen molar-refractivity contribution in [2.75, 3.05) is 6.61 Å². The summed E-state index contributed by atoms with van der Waals surface area (Å²) < 4.78 is 5.32. The molecule has 0 bridgehead atoms. The smallest absolute Gasteiger partial charge is 0.121 e. The quantitative estimate of drug-likeness (QED) is 0.653. The van der Waals surface area contributed by atoms with E-state index < -0.39 is 0 Å². The lowest BCUT2D eigenvalue weighted by molar-refractivity contribution is 0.340. The minimum absolute atomic E-state index is 0.680. The van der Waals surface area contributed by atoms with Gasteiger partial charge < -0.3 is 4.74 Å². The molecular formula is C9H9N2O. The maximum Gasteiger partial charge on any atom is 0.121 e. The van der Waals surface area contributed by atoms with Gasteiger partial charge in [0.15, 0.2) is 0 Å². The molecule has 0 saturated carbocycles. The third-order valence-electron chi connectivity index (χ3n) is 1.65. The van der Waals surface area contributed by atoms with E-state index in [0.717, 1.165) is 17.1 Å². The van der Waals surface area contributed by atoms with Crippen LogP contribution in [0.5, 0.6) is 5.75 Å². The van der Waals surface area contributed by atoms with Gasteiger partial charge in [0.2, 0.25) is 0 Å². The number of fused-ring (bicyclic) bond motifs is 1. The molecule has 1 heterocycles. The van der Waals surface area contributed by atoms with Gasteiger partial charge in [0.25, 0.3) is 0 Å². The molecule has 61 valence electrons. The number of hydrogen-bond donors (Lipinski definition) is 0. The third-order valence-corrected chi connectivity index (χ3v) is 1.65. The van der Waals surface area contributed by atoms with Crippen molar-refractivity contribution in [3.05, 3.63) is 18.2 Å². The van der Waals surface area contributed by atoms with Gasteiger partial charge in [0.05, 0.1) is 18.0 Å². The van der Waals surface area contributed by atoms with E-state index in [0.29, 0.717) is 6.61 Å². The van der Waals surface area contributed by atoms with E-state index in [1.54, 1.807) is 6.34 Å². The van der Waals surface area contributed by atoms with Gasteiger partial charge >= 0.3 is 0 Å². The normalized spacial score (nSPS) is 12.4. The second-order valence-corrected chi connectivity index (χ2v) is 2.46. The Morgan fingerprint density at radius 3 is 3.08 bits per heavy atom. The fraction of sp³-hybridized carbons (Fsp3) is 0.222. The van der Waals surface area contributed by atoms with E-state index >= 15 is 0 Å². The summed E-state index contributed by atoms with van der Waals surface area (Å²) in [6.07, 6.45) is 1.56. The number of rotatable bonds is 2. The van der Waals surface area contributed by atoms with Crippen LogP contribution in [0, 0.1) is 0 Å². The highest BCUT2D eigenvalue weighted by Gasteiger charge is 2.07. The Bertz CT molecular complexity index is 320. The Hall–Kier alpha value is -1.51. The molecule has 0 fully saturated rings. The first-order valence-electron chi connectivity index (χ1n) is 3.90. The molecule has 1 aromatic carbocycles. The number of nitrogens with zero attached hydrogens (tertiary/aromatic N) is 2. The van der Waals surface area contributed by atoms with Crippen LogP contribution in [0.2, 0.25) is 0 Å². The minimum atomic E-state index is 0.680. The van der Waals surface area contributed by atoms with Crippen LogP contribution in [-0.2, 0) is 0 Å². The second-order valence-electron chi connectivity index (χ2n) is 2.46. The van der Waals surface area contributed by atoms with Crippen LogP contribution in [0.3, 0.4) is 0 Å². The first-order chi connectivity index (χ1) is 5.90. The zero-order valence-corrected chi connectivity index (χ0v) is 6.82. The van der Waals surface area contributed by atoms with Gasteiger partial charge in [-0.3, -0.25) is 0 Å². The molecule has 12 heavy (non-hydrogen) atoms. The van der Waals surface area contributed by atoms with Crippen LogP contribution in [0.1, 0.15) is 6.92 Å². The highest BCUT2D eigenvalue weighted by molar-refractivity contribution is 5.82. The van der Waals surface area contributed by atoms with Crippen molar-refractivity contribution < 1.29 is 4.74 Å². The van der Waals surface area contributed by atoms with E-state index in [4.69, 9.17) is 4.74 Å². The summed E-state index contributed by atoms with van der Waals surface area (Å²) in [5, 5.41) is 4.07. The Morgan fingerprint density at radius 2 is 2.25 bits per heavy atom. The SMILES string of the molecule is CCOc1ccc2c(c1)[N]C=N2. The summed E-state index contributed by atoms with van der Waals surface area (Å²) in [6.45, 7) is 2.64. The molecule has 0 spiro atoms. The second kappa shape index (κ2) is 2.85. The summed E-state index contributed by atoms with van der Waals surface area (Å²) in [4.78, 5) is 4.05. The van der Waals surface area contributed by atoms with Gasteiger partial charge in [0.1, 0.15) is 12.1 Å². The summed E-state index contributed by atoms with van der Waals surface area (Å²) in [5.74, 6) is 0.852. The van der Waals surface area contributed by atoms with Crippen LogP contribution in [-0.4, -0.2) is 12.9 Å². The molecule has 1 aromatic rings. The van der Waals surface area contributed by atoms with Crippen molar-refractivity contribution in [3.63, 3.8) is 0 Å². The first kappa shape index (κ1) is 7.16. The van der Waals surface area contributed by atoms with Crippen LogP contribution < -0.4 is 10.1 Å². The molecule has 1 aliphatic rings. The number of benzene rings is 1. The zero-order valence-electron chi connectivity index (χ0n) is 6.82. The van der Waals surface area contributed by atoms with Crippen molar-refractivity contribution in [2.24, 2.45) is 4.99 Å². The zero-order chi connectivity index (χ0) is 8.39. The van der Waals surface area contributed by atoms with E-state index in [1.165, 1.54) is 0 Å². The molecule has 2 rings (SSSR count). The Morgan fingerprint density at radius 1 is 1.33 bits per heavy atom. The topological polar surface area (TPSA) is 35.7 Å². The van der Waals surface area contributed by atoms with Gasteiger partial charge in [0, 0.05) is 6.07 Å². The van der Waals surface area contributed by atoms with Crippen molar-refractivity contribution in [1.29, 1.82) is 0 Å². The lowest BCUT2D eigenvalue weighted by atomic mass is 10.2. The summed E-state index contributed by atoms with van der Waals surface area (Å²) in [7, 11) is 0. The molecule has 0 aromatic heterocycles.